The SMILES string of the molecule is CC(=O)N[C@@H]1CCN(C(=O)c2cc(Cl)c[nH]2)C1. The molecule has 1 saturated heterocycles. The van der Waals surface area contributed by atoms with Crippen LogP contribution in [0.15, 0.2) is 12.3 Å². The molecule has 0 unspecified atom stereocenters. The molecule has 1 atom stereocenters. The van der Waals surface area contributed by atoms with Gasteiger partial charge in [0.25, 0.3) is 5.91 Å². The molecule has 1 aromatic rings. The summed E-state index contributed by atoms with van der Waals surface area (Å²) in [6.45, 7) is 2.69. The number of H-pyrrole nitrogens is 1. The first kappa shape index (κ1) is 12.0. The second kappa shape index (κ2) is 4.79. The monoisotopic (exact) mass is 255 g/mol. The molecule has 2 rings (SSSR count). The first-order valence-corrected chi connectivity index (χ1v) is 5.84. The maximum atomic E-state index is 12.0. The van der Waals surface area contributed by atoms with E-state index in [1.165, 1.54) is 6.92 Å². The van der Waals surface area contributed by atoms with Crippen LogP contribution in [0.5, 0.6) is 0 Å². The van der Waals surface area contributed by atoms with Crippen molar-refractivity contribution in [2.75, 3.05) is 13.1 Å². The molecule has 0 aromatic carbocycles. The van der Waals surface area contributed by atoms with Crippen molar-refractivity contribution in [3.63, 3.8) is 0 Å². The second-order valence-corrected chi connectivity index (χ2v) is 4.61. The van der Waals surface area contributed by atoms with Crippen LogP contribution in [0.1, 0.15) is 23.8 Å². The number of nitrogens with zero attached hydrogens (tertiary/aromatic N) is 1. The van der Waals surface area contributed by atoms with E-state index in [0.29, 0.717) is 23.8 Å². The third kappa shape index (κ3) is 2.79. The Kier molecular flexibility index (Phi) is 3.38. The highest BCUT2D eigenvalue weighted by Gasteiger charge is 2.27. The first-order valence-electron chi connectivity index (χ1n) is 5.46. The summed E-state index contributed by atoms with van der Waals surface area (Å²) in [6.07, 6.45) is 2.37. The lowest BCUT2D eigenvalue weighted by Crippen LogP contribution is -2.37. The van der Waals surface area contributed by atoms with Crippen LogP contribution in [0, 0.1) is 0 Å². The fourth-order valence-electron chi connectivity index (χ4n) is 2.01. The standard InChI is InChI=1S/C11H14ClN3O2/c1-7(16)14-9-2-3-15(6-9)11(17)10-4-8(12)5-13-10/h4-5,9,13H,2-3,6H2,1H3,(H,14,16)/t9-/m1/s1. The average molecular weight is 256 g/mol. The van der Waals surface area contributed by atoms with E-state index >= 15 is 0 Å². The van der Waals surface area contributed by atoms with Crippen molar-refractivity contribution < 1.29 is 9.59 Å². The summed E-state index contributed by atoms with van der Waals surface area (Å²) in [5.41, 5.74) is 0.485. The van der Waals surface area contributed by atoms with Crippen LogP contribution in [-0.2, 0) is 4.79 Å². The van der Waals surface area contributed by atoms with E-state index in [0.717, 1.165) is 6.42 Å². The Bertz CT molecular complexity index is 444. The zero-order chi connectivity index (χ0) is 12.4. The summed E-state index contributed by atoms with van der Waals surface area (Å²) in [5, 5.41) is 3.33. The molecule has 0 saturated carbocycles. The zero-order valence-electron chi connectivity index (χ0n) is 9.50. The minimum atomic E-state index is -0.0789. The van der Waals surface area contributed by atoms with E-state index in [4.69, 9.17) is 11.6 Å². The summed E-state index contributed by atoms with van der Waals surface area (Å²) in [5.74, 6) is -0.142. The molecule has 92 valence electrons. The van der Waals surface area contributed by atoms with Crippen LogP contribution in [0.4, 0.5) is 0 Å². The molecule has 1 aliphatic heterocycles. The number of likely N-dealkylation sites (tertiary alicyclic amines) is 1. The van der Waals surface area contributed by atoms with Gasteiger partial charge in [0, 0.05) is 32.3 Å². The van der Waals surface area contributed by atoms with Crippen LogP contribution in [0.3, 0.4) is 0 Å². The van der Waals surface area contributed by atoms with Crippen molar-refractivity contribution >= 4 is 23.4 Å². The molecule has 0 aliphatic carbocycles. The number of nitrogens with one attached hydrogen (secondary N) is 2. The van der Waals surface area contributed by atoms with Crippen LogP contribution in [-0.4, -0.2) is 40.8 Å². The van der Waals surface area contributed by atoms with E-state index < -0.39 is 0 Å². The first-order chi connectivity index (χ1) is 8.06. The number of hydrogen-bond acceptors (Lipinski definition) is 2. The molecule has 6 heteroatoms. The molecule has 1 aliphatic rings. The highest BCUT2D eigenvalue weighted by atomic mass is 35.5. The van der Waals surface area contributed by atoms with Gasteiger partial charge in [-0.2, -0.15) is 0 Å². The van der Waals surface area contributed by atoms with E-state index in [1.54, 1.807) is 17.2 Å². The zero-order valence-corrected chi connectivity index (χ0v) is 10.3. The molecule has 5 nitrogen and oxygen atoms in total. The summed E-state index contributed by atoms with van der Waals surface area (Å²) in [4.78, 5) is 27.5. The van der Waals surface area contributed by atoms with Crippen molar-refractivity contribution in [2.24, 2.45) is 0 Å². The van der Waals surface area contributed by atoms with Crippen molar-refractivity contribution in [1.29, 1.82) is 0 Å². The van der Waals surface area contributed by atoms with E-state index in [1.807, 2.05) is 0 Å². The Labute approximate surface area is 104 Å². The third-order valence-corrected chi connectivity index (χ3v) is 2.98. The van der Waals surface area contributed by atoms with Gasteiger partial charge < -0.3 is 15.2 Å². The normalized spacial score (nSPS) is 19.4. The van der Waals surface area contributed by atoms with Crippen LogP contribution >= 0.6 is 11.6 Å². The largest absolute Gasteiger partial charge is 0.356 e. The number of carbonyl (C=O) groups excluding carboxylic acids is 2. The molecule has 0 spiro atoms. The van der Waals surface area contributed by atoms with Gasteiger partial charge in [0.15, 0.2) is 0 Å². The smallest absolute Gasteiger partial charge is 0.270 e. The van der Waals surface area contributed by atoms with E-state index in [-0.39, 0.29) is 17.9 Å². The van der Waals surface area contributed by atoms with Crippen molar-refractivity contribution in [3.05, 3.63) is 23.0 Å². The van der Waals surface area contributed by atoms with Gasteiger partial charge in [0.05, 0.1) is 5.02 Å². The second-order valence-electron chi connectivity index (χ2n) is 4.17. The topological polar surface area (TPSA) is 65.2 Å². The molecular weight excluding hydrogens is 242 g/mol. The molecule has 1 fully saturated rings. The van der Waals surface area contributed by atoms with Gasteiger partial charge >= 0.3 is 0 Å². The van der Waals surface area contributed by atoms with Gasteiger partial charge in [-0.1, -0.05) is 11.6 Å². The fraction of sp³-hybridized carbons (Fsp3) is 0.455. The van der Waals surface area contributed by atoms with Gasteiger partial charge in [-0.25, -0.2) is 0 Å². The lowest BCUT2D eigenvalue weighted by atomic mass is 10.2. The summed E-state index contributed by atoms with van der Waals surface area (Å²) < 4.78 is 0. The minimum Gasteiger partial charge on any atom is -0.356 e. The van der Waals surface area contributed by atoms with Crippen LogP contribution < -0.4 is 5.32 Å². The maximum absolute atomic E-state index is 12.0. The lowest BCUT2D eigenvalue weighted by molar-refractivity contribution is -0.119. The number of amides is 2. The van der Waals surface area contributed by atoms with Crippen molar-refractivity contribution in [2.45, 2.75) is 19.4 Å². The Balaban J connectivity index is 1.96. The number of hydrogen-bond donors (Lipinski definition) is 2. The molecule has 2 amide bonds. The van der Waals surface area contributed by atoms with Gasteiger partial charge in [-0.05, 0) is 12.5 Å². The summed E-state index contributed by atoms with van der Waals surface area (Å²) in [6, 6.07) is 1.66. The lowest BCUT2D eigenvalue weighted by Gasteiger charge is -2.15. The van der Waals surface area contributed by atoms with Gasteiger partial charge in [0.1, 0.15) is 5.69 Å². The quantitative estimate of drug-likeness (QED) is 0.829. The van der Waals surface area contributed by atoms with Crippen molar-refractivity contribution in [3.8, 4) is 0 Å². The molecule has 17 heavy (non-hydrogen) atoms. The minimum absolute atomic E-state index is 0.0573. The van der Waals surface area contributed by atoms with Crippen LogP contribution in [0.2, 0.25) is 5.02 Å². The Morgan fingerprint density at radius 3 is 2.94 bits per heavy atom. The van der Waals surface area contributed by atoms with Gasteiger partial charge in [-0.15, -0.1) is 0 Å². The van der Waals surface area contributed by atoms with Gasteiger partial charge in [-0.3, -0.25) is 9.59 Å². The Morgan fingerprint density at radius 1 is 1.59 bits per heavy atom. The number of aromatic amines is 1. The molecule has 1 aromatic heterocycles. The third-order valence-electron chi connectivity index (χ3n) is 2.76. The number of rotatable bonds is 2. The number of carbonyl (C=O) groups is 2. The maximum Gasteiger partial charge on any atom is 0.270 e. The number of halogens is 1. The molecule has 0 bridgehead atoms. The summed E-state index contributed by atoms with van der Waals surface area (Å²) >= 11 is 5.75. The predicted molar refractivity (Wildman–Crippen MR) is 63.9 cm³/mol. The molecule has 2 heterocycles. The van der Waals surface area contributed by atoms with Gasteiger partial charge in [0.2, 0.25) is 5.91 Å². The summed E-state index contributed by atoms with van der Waals surface area (Å²) in [7, 11) is 0. The molecule has 2 N–H and O–H groups in total. The Morgan fingerprint density at radius 2 is 2.35 bits per heavy atom. The van der Waals surface area contributed by atoms with Crippen molar-refractivity contribution in [1.82, 2.24) is 15.2 Å². The van der Waals surface area contributed by atoms with E-state index in [9.17, 15) is 9.59 Å². The number of aromatic nitrogens is 1. The average Bonchev–Trinajstić information content (AvgIpc) is 2.85. The molecule has 0 radical (unpaired) electrons. The Hall–Kier alpha value is -1.49. The van der Waals surface area contributed by atoms with E-state index in [2.05, 4.69) is 10.3 Å². The predicted octanol–water partition coefficient (Wildman–Crippen LogP) is 1.02. The highest BCUT2D eigenvalue weighted by molar-refractivity contribution is 6.30. The molecular formula is C11H14ClN3O2. The highest BCUT2D eigenvalue weighted by Crippen LogP contribution is 2.15. The fourth-order valence-corrected chi connectivity index (χ4v) is 2.18. The van der Waals surface area contributed by atoms with Crippen LogP contribution in [0.25, 0.3) is 0 Å².